The van der Waals surface area contributed by atoms with Crippen LogP contribution in [0.5, 0.6) is 11.5 Å². The molecule has 7 heteroatoms. The number of nitrogens with zero attached hydrogens (tertiary/aromatic N) is 2. The first kappa shape index (κ1) is 25.0. The van der Waals surface area contributed by atoms with Gasteiger partial charge in [0.1, 0.15) is 5.82 Å². The molecule has 0 bridgehead atoms. The summed E-state index contributed by atoms with van der Waals surface area (Å²) in [7, 11) is 5.31. The first-order chi connectivity index (χ1) is 13.6. The average molecular weight is 515 g/mol. The largest absolute Gasteiger partial charge is 0.493 e. The first-order valence-corrected chi connectivity index (χ1v) is 9.52. The fourth-order valence-electron chi connectivity index (χ4n) is 2.85. The third kappa shape index (κ3) is 8.08. The van der Waals surface area contributed by atoms with Crippen molar-refractivity contribution >= 4 is 29.9 Å². The van der Waals surface area contributed by atoms with E-state index in [1.165, 1.54) is 17.7 Å². The van der Waals surface area contributed by atoms with Crippen molar-refractivity contribution < 1.29 is 13.9 Å². The second-order valence-electron chi connectivity index (χ2n) is 6.47. The van der Waals surface area contributed by atoms with E-state index >= 15 is 0 Å². The fourth-order valence-corrected chi connectivity index (χ4v) is 2.85. The molecular weight excluding hydrogens is 484 g/mol. The number of benzene rings is 2. The molecule has 0 unspecified atom stereocenters. The Morgan fingerprint density at radius 1 is 1.00 bits per heavy atom. The van der Waals surface area contributed by atoms with Gasteiger partial charge >= 0.3 is 0 Å². The second kappa shape index (κ2) is 13.2. The van der Waals surface area contributed by atoms with Crippen molar-refractivity contribution in [1.29, 1.82) is 0 Å². The monoisotopic (exact) mass is 515 g/mol. The number of hydrogen-bond acceptors (Lipinski definition) is 3. The number of aliphatic imine (C=N–C) groups is 1. The molecule has 29 heavy (non-hydrogen) atoms. The fraction of sp³-hybridized carbons (Fsp3) is 0.409. The highest BCUT2D eigenvalue weighted by Crippen LogP contribution is 2.27. The quantitative estimate of drug-likeness (QED) is 0.310. The van der Waals surface area contributed by atoms with Crippen molar-refractivity contribution in [3.63, 3.8) is 0 Å². The highest BCUT2D eigenvalue weighted by Gasteiger charge is 2.08. The Balaban J connectivity index is 0.00000420. The van der Waals surface area contributed by atoms with Crippen molar-refractivity contribution in [2.75, 3.05) is 40.9 Å². The molecule has 0 atom stereocenters. The third-order valence-corrected chi connectivity index (χ3v) is 4.46. The van der Waals surface area contributed by atoms with E-state index in [9.17, 15) is 4.39 Å². The molecule has 0 aliphatic carbocycles. The molecule has 0 aliphatic heterocycles. The van der Waals surface area contributed by atoms with Gasteiger partial charge in [-0.2, -0.15) is 0 Å². The van der Waals surface area contributed by atoms with Crippen LogP contribution in [0.15, 0.2) is 47.5 Å². The summed E-state index contributed by atoms with van der Waals surface area (Å²) in [5.74, 6) is 2.12. The smallest absolute Gasteiger partial charge is 0.193 e. The minimum absolute atomic E-state index is 0. The van der Waals surface area contributed by atoms with Crippen LogP contribution >= 0.6 is 24.0 Å². The summed E-state index contributed by atoms with van der Waals surface area (Å²) in [6.45, 7) is 4.32. The highest BCUT2D eigenvalue weighted by molar-refractivity contribution is 14.0. The zero-order valence-corrected chi connectivity index (χ0v) is 19.9. The van der Waals surface area contributed by atoms with Gasteiger partial charge in [0.05, 0.1) is 14.2 Å². The molecule has 2 aromatic rings. The number of rotatable bonds is 9. The molecule has 2 aromatic carbocycles. The number of ether oxygens (including phenoxy) is 2. The summed E-state index contributed by atoms with van der Waals surface area (Å²) in [5, 5.41) is 3.33. The number of methoxy groups -OCH3 is 2. The van der Waals surface area contributed by atoms with E-state index in [0.29, 0.717) is 6.54 Å². The van der Waals surface area contributed by atoms with Gasteiger partial charge in [0.15, 0.2) is 17.5 Å². The molecule has 0 radical (unpaired) electrons. The lowest BCUT2D eigenvalue weighted by Crippen LogP contribution is -2.40. The number of guanidine groups is 1. The van der Waals surface area contributed by atoms with E-state index < -0.39 is 0 Å². The zero-order valence-electron chi connectivity index (χ0n) is 17.6. The molecule has 0 aliphatic rings. The van der Waals surface area contributed by atoms with Crippen molar-refractivity contribution in [2.24, 2.45) is 4.99 Å². The van der Waals surface area contributed by atoms with Gasteiger partial charge < -0.3 is 19.7 Å². The lowest BCUT2D eigenvalue weighted by Gasteiger charge is -2.22. The molecule has 1 N–H and O–H groups in total. The van der Waals surface area contributed by atoms with Crippen LogP contribution in [0.3, 0.4) is 0 Å². The maximum Gasteiger partial charge on any atom is 0.193 e. The zero-order chi connectivity index (χ0) is 20.4. The van der Waals surface area contributed by atoms with Crippen molar-refractivity contribution in [3.05, 3.63) is 59.4 Å². The number of hydrogen-bond donors (Lipinski definition) is 1. The van der Waals surface area contributed by atoms with E-state index in [-0.39, 0.29) is 29.8 Å². The molecule has 0 amide bonds. The molecule has 0 fully saturated rings. The van der Waals surface area contributed by atoms with Crippen molar-refractivity contribution in [3.8, 4) is 11.5 Å². The molecule has 0 saturated heterocycles. The summed E-state index contributed by atoms with van der Waals surface area (Å²) in [6.07, 6.45) is 1.64. The molecule has 0 saturated carbocycles. The molecule has 5 nitrogen and oxygen atoms in total. The standard InChI is InChI=1S/C22H30FN3O2.HI/c1-5-24-22(25-14-12-17-6-9-19(23)10-7-17)26(2)15-13-18-8-11-20(27-3)21(16-18)28-4;/h6-11,16H,5,12-15H2,1-4H3,(H,24,25);1H. The summed E-state index contributed by atoms with van der Waals surface area (Å²) in [5.41, 5.74) is 2.25. The molecule has 0 aromatic heterocycles. The Kier molecular flexibility index (Phi) is 11.4. The number of halogens is 2. The topological polar surface area (TPSA) is 46.1 Å². The highest BCUT2D eigenvalue weighted by atomic mass is 127. The summed E-state index contributed by atoms with van der Waals surface area (Å²) >= 11 is 0. The normalized spacial score (nSPS) is 10.9. The van der Waals surface area contributed by atoms with Crippen LogP contribution in [0.4, 0.5) is 4.39 Å². The van der Waals surface area contributed by atoms with E-state index in [1.807, 2.05) is 25.2 Å². The lowest BCUT2D eigenvalue weighted by atomic mass is 10.1. The van der Waals surface area contributed by atoms with Gasteiger partial charge in [0.25, 0.3) is 0 Å². The minimum atomic E-state index is -0.213. The molecule has 0 heterocycles. The number of nitrogens with one attached hydrogen (secondary N) is 1. The lowest BCUT2D eigenvalue weighted by molar-refractivity contribution is 0.354. The average Bonchev–Trinajstić information content (AvgIpc) is 2.72. The molecule has 160 valence electrons. The van der Waals surface area contributed by atoms with E-state index in [1.54, 1.807) is 26.4 Å². The van der Waals surface area contributed by atoms with Gasteiger partial charge in [-0.05, 0) is 55.2 Å². The Labute approximate surface area is 190 Å². The van der Waals surface area contributed by atoms with Crippen LogP contribution in [0.2, 0.25) is 0 Å². The maximum atomic E-state index is 13.0. The van der Waals surface area contributed by atoms with Crippen LogP contribution in [-0.2, 0) is 12.8 Å². The Hall–Kier alpha value is -2.03. The summed E-state index contributed by atoms with van der Waals surface area (Å²) < 4.78 is 23.7. The van der Waals surface area contributed by atoms with Crippen LogP contribution in [-0.4, -0.2) is 51.8 Å². The van der Waals surface area contributed by atoms with E-state index in [4.69, 9.17) is 14.5 Å². The van der Waals surface area contributed by atoms with Gasteiger partial charge in [-0.1, -0.05) is 18.2 Å². The summed E-state index contributed by atoms with van der Waals surface area (Å²) in [4.78, 5) is 6.81. The van der Waals surface area contributed by atoms with Gasteiger partial charge in [-0.3, -0.25) is 4.99 Å². The molecular formula is C22H31FIN3O2. The Morgan fingerprint density at radius 3 is 2.28 bits per heavy atom. The predicted molar refractivity (Wildman–Crippen MR) is 127 cm³/mol. The van der Waals surface area contributed by atoms with Gasteiger partial charge in [-0.15, -0.1) is 24.0 Å². The van der Waals surface area contributed by atoms with Crippen LogP contribution in [0.1, 0.15) is 18.1 Å². The molecule has 0 spiro atoms. The predicted octanol–water partition coefficient (Wildman–Crippen LogP) is 4.14. The van der Waals surface area contributed by atoms with Crippen LogP contribution < -0.4 is 14.8 Å². The van der Waals surface area contributed by atoms with Gasteiger partial charge in [-0.25, -0.2) is 4.39 Å². The van der Waals surface area contributed by atoms with Crippen LogP contribution in [0.25, 0.3) is 0 Å². The van der Waals surface area contributed by atoms with Crippen LogP contribution in [0, 0.1) is 5.82 Å². The van der Waals surface area contributed by atoms with Crippen molar-refractivity contribution in [1.82, 2.24) is 10.2 Å². The second-order valence-corrected chi connectivity index (χ2v) is 6.47. The first-order valence-electron chi connectivity index (χ1n) is 9.52. The van der Waals surface area contributed by atoms with Crippen molar-refractivity contribution in [2.45, 2.75) is 19.8 Å². The van der Waals surface area contributed by atoms with E-state index in [0.717, 1.165) is 49.0 Å². The molecule has 2 rings (SSSR count). The van der Waals surface area contributed by atoms with E-state index in [2.05, 4.69) is 17.1 Å². The number of likely N-dealkylation sites (N-methyl/N-ethyl adjacent to an activating group) is 1. The minimum Gasteiger partial charge on any atom is -0.493 e. The SMILES string of the molecule is CCNC(=NCCc1ccc(F)cc1)N(C)CCc1ccc(OC)c(OC)c1.I. The third-order valence-electron chi connectivity index (χ3n) is 4.46. The van der Waals surface area contributed by atoms with Gasteiger partial charge in [0.2, 0.25) is 0 Å². The van der Waals surface area contributed by atoms with Gasteiger partial charge in [0, 0.05) is 26.7 Å². The summed E-state index contributed by atoms with van der Waals surface area (Å²) in [6, 6.07) is 12.6. The Bertz CT molecular complexity index is 769. The Morgan fingerprint density at radius 2 is 1.66 bits per heavy atom. The maximum absolute atomic E-state index is 13.0.